The normalized spacial score (nSPS) is 11.1. The summed E-state index contributed by atoms with van der Waals surface area (Å²) in [6.45, 7) is 10.3. The smallest absolute Gasteiger partial charge is 0.229 e. The molecule has 4 aromatic rings. The van der Waals surface area contributed by atoms with Crippen LogP contribution in [0.15, 0.2) is 42.5 Å². The average Bonchev–Trinajstić information content (AvgIpc) is 3.04. The quantitative estimate of drug-likeness (QED) is 0.479. The summed E-state index contributed by atoms with van der Waals surface area (Å²) in [6.07, 6.45) is 0.260. The van der Waals surface area contributed by atoms with Gasteiger partial charge in [-0.2, -0.15) is 9.61 Å². The fraction of sp³-hybridized carbons (Fsp3) is 0.269. The molecule has 2 aromatic heterocycles. The van der Waals surface area contributed by atoms with E-state index in [1.54, 1.807) is 11.6 Å². The van der Waals surface area contributed by atoms with E-state index in [0.29, 0.717) is 5.82 Å². The molecule has 0 spiro atoms. The van der Waals surface area contributed by atoms with Gasteiger partial charge >= 0.3 is 0 Å². The second-order valence-corrected chi connectivity index (χ2v) is 8.33. The number of rotatable bonds is 5. The molecule has 0 bridgehead atoms. The van der Waals surface area contributed by atoms with Gasteiger partial charge in [0.05, 0.1) is 24.8 Å². The first kappa shape index (κ1) is 21.6. The molecule has 6 heteroatoms. The van der Waals surface area contributed by atoms with Crippen LogP contribution in [0.1, 0.15) is 33.6 Å². The van der Waals surface area contributed by atoms with E-state index >= 15 is 0 Å². The molecule has 0 aliphatic rings. The van der Waals surface area contributed by atoms with Crippen LogP contribution in [0, 0.1) is 34.6 Å². The summed E-state index contributed by atoms with van der Waals surface area (Å²) in [4.78, 5) is 17.6. The molecule has 0 radical (unpaired) electrons. The van der Waals surface area contributed by atoms with Crippen LogP contribution in [0.3, 0.4) is 0 Å². The average molecular weight is 429 g/mol. The summed E-state index contributed by atoms with van der Waals surface area (Å²) < 4.78 is 6.92. The predicted molar refractivity (Wildman–Crippen MR) is 127 cm³/mol. The highest BCUT2D eigenvalue weighted by molar-refractivity contribution is 5.93. The molecule has 0 saturated carbocycles. The van der Waals surface area contributed by atoms with Gasteiger partial charge < -0.3 is 10.1 Å². The highest BCUT2D eigenvalue weighted by atomic mass is 16.5. The van der Waals surface area contributed by atoms with Gasteiger partial charge in [0, 0.05) is 11.8 Å². The molecule has 1 amide bonds. The molecule has 164 valence electrons. The highest BCUT2D eigenvalue weighted by Crippen LogP contribution is 2.34. The number of amides is 1. The number of carbonyl (C=O) groups is 1. The number of ether oxygens (including phenoxy) is 1. The van der Waals surface area contributed by atoms with Gasteiger partial charge in [0.15, 0.2) is 5.65 Å². The number of nitrogens with zero attached hydrogens (tertiary/aromatic N) is 3. The number of nitrogens with one attached hydrogen (secondary N) is 1. The molecular formula is C26H28N4O2. The molecule has 1 N–H and O–H groups in total. The Hall–Kier alpha value is -3.67. The molecule has 0 atom stereocenters. The number of aromatic nitrogens is 3. The maximum Gasteiger partial charge on any atom is 0.229 e. The van der Waals surface area contributed by atoms with Crippen LogP contribution in [0.2, 0.25) is 0 Å². The Kier molecular flexibility index (Phi) is 5.70. The van der Waals surface area contributed by atoms with Crippen LogP contribution in [0.5, 0.6) is 5.75 Å². The lowest BCUT2D eigenvalue weighted by Crippen LogP contribution is -2.17. The fourth-order valence-corrected chi connectivity index (χ4v) is 4.32. The molecule has 0 saturated heterocycles. The van der Waals surface area contributed by atoms with Crippen molar-refractivity contribution in [2.24, 2.45) is 0 Å². The number of carbonyl (C=O) groups excluding carboxylic acids is 1. The molecule has 0 aliphatic carbocycles. The third-order valence-corrected chi connectivity index (χ3v) is 5.61. The van der Waals surface area contributed by atoms with Gasteiger partial charge in [-0.1, -0.05) is 29.8 Å². The van der Waals surface area contributed by atoms with Gasteiger partial charge in [-0.05, 0) is 69.0 Å². The predicted octanol–water partition coefficient (Wildman–Crippen LogP) is 5.13. The van der Waals surface area contributed by atoms with Gasteiger partial charge in [0.25, 0.3) is 0 Å². The molecule has 4 rings (SSSR count). The maximum absolute atomic E-state index is 12.8. The molecular weight excluding hydrogens is 400 g/mol. The lowest BCUT2D eigenvalue weighted by Gasteiger charge is -2.12. The molecule has 2 heterocycles. The van der Waals surface area contributed by atoms with Gasteiger partial charge in [-0.3, -0.25) is 4.79 Å². The Labute approximate surface area is 188 Å². The third kappa shape index (κ3) is 4.08. The van der Waals surface area contributed by atoms with E-state index in [-0.39, 0.29) is 12.3 Å². The number of fused-ring (bicyclic) bond motifs is 1. The summed E-state index contributed by atoms with van der Waals surface area (Å²) in [5.74, 6) is 1.27. The first-order valence-corrected chi connectivity index (χ1v) is 10.6. The minimum absolute atomic E-state index is 0.112. The molecule has 2 aromatic carbocycles. The van der Waals surface area contributed by atoms with Crippen molar-refractivity contribution in [1.29, 1.82) is 0 Å². The number of aryl methyl sites for hydroxylation is 5. The van der Waals surface area contributed by atoms with Crippen molar-refractivity contribution in [1.82, 2.24) is 14.6 Å². The van der Waals surface area contributed by atoms with Gasteiger partial charge in [0.2, 0.25) is 5.91 Å². The van der Waals surface area contributed by atoms with Crippen LogP contribution in [0.25, 0.3) is 16.8 Å². The van der Waals surface area contributed by atoms with Crippen molar-refractivity contribution in [3.8, 4) is 16.9 Å². The second-order valence-electron chi connectivity index (χ2n) is 8.33. The zero-order valence-electron chi connectivity index (χ0n) is 19.4. The van der Waals surface area contributed by atoms with Crippen molar-refractivity contribution < 1.29 is 9.53 Å². The minimum Gasteiger partial charge on any atom is -0.497 e. The Bertz CT molecular complexity index is 1300. The second kappa shape index (κ2) is 8.46. The maximum atomic E-state index is 12.8. The largest absolute Gasteiger partial charge is 0.497 e. The van der Waals surface area contributed by atoms with Crippen molar-refractivity contribution in [2.75, 3.05) is 12.4 Å². The van der Waals surface area contributed by atoms with Crippen LogP contribution >= 0.6 is 0 Å². The van der Waals surface area contributed by atoms with Crippen LogP contribution in [-0.4, -0.2) is 27.6 Å². The first-order chi connectivity index (χ1) is 15.3. The molecule has 6 nitrogen and oxygen atoms in total. The Morgan fingerprint density at radius 2 is 1.62 bits per heavy atom. The number of methoxy groups -OCH3 is 1. The summed E-state index contributed by atoms with van der Waals surface area (Å²) >= 11 is 0. The van der Waals surface area contributed by atoms with E-state index < -0.39 is 0 Å². The topological polar surface area (TPSA) is 68.5 Å². The van der Waals surface area contributed by atoms with E-state index in [4.69, 9.17) is 14.8 Å². The van der Waals surface area contributed by atoms with Crippen LogP contribution in [0.4, 0.5) is 5.82 Å². The minimum atomic E-state index is -0.112. The van der Waals surface area contributed by atoms with Crippen molar-refractivity contribution in [3.63, 3.8) is 0 Å². The number of hydrogen-bond acceptors (Lipinski definition) is 4. The zero-order valence-corrected chi connectivity index (χ0v) is 19.4. The highest BCUT2D eigenvalue weighted by Gasteiger charge is 2.20. The number of anilines is 1. The SMILES string of the molecule is COc1ccc(CC(=O)Nc2cc(C)nc3c(-c4c(C)cc(C)cc4C)c(C)nn23)cc1. The number of hydrogen-bond donors (Lipinski definition) is 1. The molecule has 0 aliphatic heterocycles. The van der Waals surface area contributed by atoms with Crippen molar-refractivity contribution >= 4 is 17.4 Å². The van der Waals surface area contributed by atoms with Gasteiger partial charge in [0.1, 0.15) is 11.6 Å². The Morgan fingerprint density at radius 3 is 2.25 bits per heavy atom. The van der Waals surface area contributed by atoms with E-state index in [9.17, 15) is 4.79 Å². The van der Waals surface area contributed by atoms with E-state index in [1.165, 1.54) is 16.7 Å². The lowest BCUT2D eigenvalue weighted by molar-refractivity contribution is -0.115. The third-order valence-electron chi connectivity index (χ3n) is 5.61. The monoisotopic (exact) mass is 428 g/mol. The summed E-state index contributed by atoms with van der Waals surface area (Å²) in [6, 6.07) is 13.7. The summed E-state index contributed by atoms with van der Waals surface area (Å²) in [7, 11) is 1.62. The van der Waals surface area contributed by atoms with E-state index in [1.807, 2.05) is 44.2 Å². The zero-order chi connectivity index (χ0) is 23.0. The first-order valence-electron chi connectivity index (χ1n) is 10.6. The number of benzene rings is 2. The van der Waals surface area contributed by atoms with E-state index in [2.05, 4.69) is 38.2 Å². The Balaban J connectivity index is 1.72. The standard InChI is InChI=1S/C26H28N4O2/c1-15-11-16(2)24(17(3)12-15)25-19(5)29-30-22(13-18(4)27-26(25)30)28-23(31)14-20-7-9-21(32-6)10-8-20/h7-13H,14H2,1-6H3,(H,28,31). The van der Waals surface area contributed by atoms with Crippen LogP contribution < -0.4 is 10.1 Å². The van der Waals surface area contributed by atoms with Crippen molar-refractivity contribution in [2.45, 2.75) is 41.0 Å². The molecule has 0 fully saturated rings. The van der Waals surface area contributed by atoms with E-state index in [0.717, 1.165) is 39.5 Å². The fourth-order valence-electron chi connectivity index (χ4n) is 4.32. The molecule has 0 unspecified atom stereocenters. The summed E-state index contributed by atoms with van der Waals surface area (Å²) in [5.41, 5.74) is 9.12. The van der Waals surface area contributed by atoms with Gasteiger partial charge in [-0.15, -0.1) is 0 Å². The van der Waals surface area contributed by atoms with Crippen molar-refractivity contribution in [3.05, 3.63) is 76.1 Å². The van der Waals surface area contributed by atoms with Gasteiger partial charge in [-0.25, -0.2) is 4.98 Å². The Morgan fingerprint density at radius 1 is 0.969 bits per heavy atom. The summed E-state index contributed by atoms with van der Waals surface area (Å²) in [5, 5.41) is 7.76. The molecule has 32 heavy (non-hydrogen) atoms. The van der Waals surface area contributed by atoms with Crippen LogP contribution in [-0.2, 0) is 11.2 Å². The lowest BCUT2D eigenvalue weighted by atomic mass is 9.94.